The number of hydrogen-bond donors (Lipinski definition) is 1. The normalized spacial score (nSPS) is 17.1. The number of allylic oxidation sites excluding steroid dienone is 1. The first-order chi connectivity index (χ1) is 16.6. The van der Waals surface area contributed by atoms with Crippen molar-refractivity contribution in [2.75, 3.05) is 33.9 Å². The molecule has 0 spiro atoms. The Morgan fingerprint density at radius 2 is 1.74 bits per heavy atom. The highest BCUT2D eigenvalue weighted by Gasteiger charge is 2.36. The number of hydrogen-bond acceptors (Lipinski definition) is 6. The van der Waals surface area contributed by atoms with Crippen LogP contribution in [0.15, 0.2) is 72.3 Å². The largest absolute Gasteiger partial charge is 0.497 e. The van der Waals surface area contributed by atoms with Gasteiger partial charge >= 0.3 is 5.97 Å². The van der Waals surface area contributed by atoms with E-state index in [0.717, 1.165) is 47.0 Å². The number of aliphatic carboxylic acids is 1. The van der Waals surface area contributed by atoms with Crippen molar-refractivity contribution in [2.24, 2.45) is 5.92 Å². The highest BCUT2D eigenvalue weighted by Crippen LogP contribution is 2.42. The van der Waals surface area contributed by atoms with E-state index in [1.54, 1.807) is 25.6 Å². The SMILES string of the molecule is COc1ccc(C(/C=C\CN2CCCC(C(=O)O)C2)(c2ccc(OC)cc2)c2nccs2)cc1. The van der Waals surface area contributed by atoms with Gasteiger partial charge in [-0.2, -0.15) is 0 Å². The van der Waals surface area contributed by atoms with Crippen LogP contribution in [0.25, 0.3) is 0 Å². The number of carbonyl (C=O) groups is 1. The Morgan fingerprint density at radius 1 is 1.12 bits per heavy atom. The maximum absolute atomic E-state index is 11.5. The van der Waals surface area contributed by atoms with E-state index >= 15 is 0 Å². The quantitative estimate of drug-likeness (QED) is 0.444. The zero-order valence-corrected chi connectivity index (χ0v) is 20.3. The number of rotatable bonds is 9. The smallest absolute Gasteiger partial charge is 0.307 e. The Morgan fingerprint density at radius 3 is 2.24 bits per heavy atom. The van der Waals surface area contributed by atoms with Crippen molar-refractivity contribution in [2.45, 2.75) is 18.3 Å². The summed E-state index contributed by atoms with van der Waals surface area (Å²) in [6.45, 7) is 2.17. The predicted molar refractivity (Wildman–Crippen MR) is 134 cm³/mol. The molecule has 1 aromatic heterocycles. The van der Waals surface area contributed by atoms with E-state index in [-0.39, 0.29) is 5.92 Å². The molecule has 1 aliphatic heterocycles. The number of benzene rings is 2. The minimum Gasteiger partial charge on any atom is -0.497 e. The summed E-state index contributed by atoms with van der Waals surface area (Å²) in [4.78, 5) is 18.4. The maximum Gasteiger partial charge on any atom is 0.307 e. The summed E-state index contributed by atoms with van der Waals surface area (Å²) in [6, 6.07) is 16.2. The van der Waals surface area contributed by atoms with Gasteiger partial charge in [0.05, 0.1) is 25.6 Å². The lowest BCUT2D eigenvalue weighted by atomic mass is 9.74. The molecule has 1 saturated heterocycles. The van der Waals surface area contributed by atoms with Crippen LogP contribution in [0.5, 0.6) is 11.5 Å². The van der Waals surface area contributed by atoms with E-state index in [9.17, 15) is 9.90 Å². The lowest BCUT2D eigenvalue weighted by Gasteiger charge is -2.32. The van der Waals surface area contributed by atoms with Gasteiger partial charge in [-0.1, -0.05) is 36.4 Å². The van der Waals surface area contributed by atoms with Gasteiger partial charge in [0.2, 0.25) is 0 Å². The molecule has 0 bridgehead atoms. The average Bonchev–Trinajstić information content (AvgIpc) is 3.42. The molecule has 0 saturated carbocycles. The molecule has 6 nitrogen and oxygen atoms in total. The van der Waals surface area contributed by atoms with Gasteiger partial charge in [0.15, 0.2) is 0 Å². The molecule has 1 unspecified atom stereocenters. The highest BCUT2D eigenvalue weighted by atomic mass is 32.1. The van der Waals surface area contributed by atoms with Gasteiger partial charge in [-0.05, 0) is 54.8 Å². The van der Waals surface area contributed by atoms with Crippen LogP contribution in [0.1, 0.15) is 29.0 Å². The monoisotopic (exact) mass is 478 g/mol. The van der Waals surface area contributed by atoms with Gasteiger partial charge in [0.25, 0.3) is 0 Å². The lowest BCUT2D eigenvalue weighted by Crippen LogP contribution is -2.38. The van der Waals surface area contributed by atoms with Crippen LogP contribution in [0, 0.1) is 5.92 Å². The van der Waals surface area contributed by atoms with Crippen LogP contribution < -0.4 is 9.47 Å². The fourth-order valence-corrected chi connectivity index (χ4v) is 5.47. The first kappa shape index (κ1) is 24.0. The van der Waals surface area contributed by atoms with Gasteiger partial charge in [-0.25, -0.2) is 4.98 Å². The second-order valence-electron chi connectivity index (χ2n) is 8.44. The second kappa shape index (κ2) is 10.8. The Hall–Kier alpha value is -3.16. The minimum absolute atomic E-state index is 0.297. The number of carboxylic acids is 1. The number of nitrogens with zero attached hydrogens (tertiary/aromatic N) is 2. The first-order valence-electron chi connectivity index (χ1n) is 11.4. The van der Waals surface area contributed by atoms with Crippen molar-refractivity contribution < 1.29 is 19.4 Å². The fourth-order valence-electron chi connectivity index (χ4n) is 4.60. The first-order valence-corrected chi connectivity index (χ1v) is 12.3. The molecule has 1 atom stereocenters. The Balaban J connectivity index is 1.75. The van der Waals surface area contributed by atoms with Gasteiger partial charge in [0, 0.05) is 24.7 Å². The predicted octanol–water partition coefficient (Wildman–Crippen LogP) is 4.85. The molecule has 1 aliphatic rings. The minimum atomic E-state index is -0.706. The third-order valence-corrected chi connectivity index (χ3v) is 7.36. The van der Waals surface area contributed by atoms with Crippen molar-refractivity contribution in [1.29, 1.82) is 0 Å². The molecular formula is C27H30N2O4S. The van der Waals surface area contributed by atoms with Crippen molar-refractivity contribution in [3.63, 3.8) is 0 Å². The third kappa shape index (κ3) is 5.00. The molecule has 34 heavy (non-hydrogen) atoms. The van der Waals surface area contributed by atoms with E-state index in [1.165, 1.54) is 0 Å². The summed E-state index contributed by atoms with van der Waals surface area (Å²) >= 11 is 1.61. The van der Waals surface area contributed by atoms with E-state index < -0.39 is 11.4 Å². The van der Waals surface area contributed by atoms with Crippen molar-refractivity contribution in [3.05, 3.63) is 88.4 Å². The summed E-state index contributed by atoms with van der Waals surface area (Å²) < 4.78 is 10.8. The number of piperidine rings is 1. The van der Waals surface area contributed by atoms with Crippen molar-refractivity contribution >= 4 is 17.3 Å². The topological polar surface area (TPSA) is 71.9 Å². The van der Waals surface area contributed by atoms with E-state index in [4.69, 9.17) is 14.5 Å². The number of thiazole rings is 1. The van der Waals surface area contributed by atoms with Crippen LogP contribution >= 0.6 is 11.3 Å². The number of aromatic nitrogens is 1. The van der Waals surface area contributed by atoms with Crippen LogP contribution in [-0.2, 0) is 10.2 Å². The van der Waals surface area contributed by atoms with E-state index in [0.29, 0.717) is 13.1 Å². The van der Waals surface area contributed by atoms with Crippen LogP contribution in [0.2, 0.25) is 0 Å². The lowest BCUT2D eigenvalue weighted by molar-refractivity contribution is -0.143. The van der Waals surface area contributed by atoms with Gasteiger partial charge in [-0.3, -0.25) is 9.69 Å². The average molecular weight is 479 g/mol. The van der Waals surface area contributed by atoms with Crippen LogP contribution in [0.4, 0.5) is 0 Å². The van der Waals surface area contributed by atoms with Gasteiger partial charge < -0.3 is 14.6 Å². The summed E-state index contributed by atoms with van der Waals surface area (Å²) in [5.41, 5.74) is 1.55. The van der Waals surface area contributed by atoms with Crippen molar-refractivity contribution in [1.82, 2.24) is 9.88 Å². The molecule has 0 aliphatic carbocycles. The Labute approximate surface area is 204 Å². The second-order valence-corrected chi connectivity index (χ2v) is 9.34. The molecule has 7 heteroatoms. The van der Waals surface area contributed by atoms with E-state index in [2.05, 4.69) is 41.3 Å². The van der Waals surface area contributed by atoms with Crippen LogP contribution in [0.3, 0.4) is 0 Å². The summed E-state index contributed by atoms with van der Waals surface area (Å²) in [5, 5.41) is 12.4. The molecule has 3 aromatic rings. The zero-order chi connectivity index (χ0) is 24.0. The summed E-state index contributed by atoms with van der Waals surface area (Å²) in [5.74, 6) is 0.586. The third-order valence-electron chi connectivity index (χ3n) is 6.45. The van der Waals surface area contributed by atoms with Crippen LogP contribution in [-0.4, -0.2) is 54.8 Å². The number of likely N-dealkylation sites (tertiary alicyclic amines) is 1. The molecule has 178 valence electrons. The molecule has 2 heterocycles. The number of carboxylic acid groups (broad SMARTS) is 1. The van der Waals surface area contributed by atoms with Gasteiger partial charge in [-0.15, -0.1) is 11.3 Å². The molecule has 2 aromatic carbocycles. The van der Waals surface area contributed by atoms with E-state index in [1.807, 2.05) is 35.8 Å². The molecule has 1 N–H and O–H groups in total. The highest BCUT2D eigenvalue weighted by molar-refractivity contribution is 7.09. The fraction of sp³-hybridized carbons (Fsp3) is 0.333. The summed E-state index contributed by atoms with van der Waals surface area (Å²) in [7, 11) is 3.32. The zero-order valence-electron chi connectivity index (χ0n) is 19.5. The number of methoxy groups -OCH3 is 2. The van der Waals surface area contributed by atoms with Gasteiger partial charge in [0.1, 0.15) is 16.5 Å². The molecule has 1 fully saturated rings. The maximum atomic E-state index is 11.5. The van der Waals surface area contributed by atoms with Crippen molar-refractivity contribution in [3.8, 4) is 11.5 Å². The molecule has 4 rings (SSSR count). The molecule has 0 amide bonds. The molecule has 0 radical (unpaired) electrons. The summed E-state index contributed by atoms with van der Waals surface area (Å²) in [6.07, 6.45) is 7.84. The number of ether oxygens (including phenoxy) is 2. The standard InChI is InChI=1S/C27H30N2O4S/c1-32-23-10-6-21(7-11-23)27(26-28-15-18-34-26,22-8-12-24(33-2)13-9-22)14-4-17-29-16-3-5-20(19-29)25(30)31/h4,6-15,18,20H,3,5,16-17,19H2,1-2H3,(H,30,31)/b14-4-. The Bertz CT molecular complexity index is 1050. The Kier molecular flexibility index (Phi) is 7.65. The molecular weight excluding hydrogens is 448 g/mol.